The molecular formula is C10H9ClNNaO3S. The fourth-order valence-electron chi connectivity index (χ4n) is 1.33. The normalized spacial score (nSPS) is 18.4. The molecule has 0 bridgehead atoms. The standard InChI is InChI=1S/C10H8ClNO3S.Na.H/c11-5-1-2-8(13)6(3-5)9-12-7(4-16-9)10(14)15;;/h1-3,7,13H,4H2,(H,14,15);;. The van der Waals surface area contributed by atoms with Crippen LogP contribution >= 0.6 is 23.4 Å². The predicted octanol–water partition coefficient (Wildman–Crippen LogP) is 1.34. The van der Waals surface area contributed by atoms with E-state index in [1.54, 1.807) is 12.1 Å². The van der Waals surface area contributed by atoms with Crippen LogP contribution in [0, 0.1) is 0 Å². The van der Waals surface area contributed by atoms with Crippen molar-refractivity contribution in [2.24, 2.45) is 4.99 Å². The van der Waals surface area contributed by atoms with Gasteiger partial charge in [-0.15, -0.1) is 11.8 Å². The number of aliphatic carboxylic acids is 1. The minimum atomic E-state index is -0.955. The average Bonchev–Trinajstić information content (AvgIpc) is 2.70. The van der Waals surface area contributed by atoms with Crippen LogP contribution in [0.25, 0.3) is 0 Å². The van der Waals surface area contributed by atoms with Crippen LogP contribution in [0.15, 0.2) is 23.2 Å². The Morgan fingerprint density at radius 3 is 2.82 bits per heavy atom. The van der Waals surface area contributed by atoms with Gasteiger partial charge in [-0.25, -0.2) is 4.79 Å². The van der Waals surface area contributed by atoms with Crippen molar-refractivity contribution in [3.63, 3.8) is 0 Å². The minimum absolute atomic E-state index is 0. The number of carboxylic acid groups (broad SMARTS) is 1. The third-order valence-corrected chi connectivity index (χ3v) is 3.44. The summed E-state index contributed by atoms with van der Waals surface area (Å²) in [6.07, 6.45) is 0. The molecule has 0 radical (unpaired) electrons. The van der Waals surface area contributed by atoms with Gasteiger partial charge in [-0.1, -0.05) is 11.6 Å². The number of hydrogen-bond donors (Lipinski definition) is 2. The topological polar surface area (TPSA) is 69.9 Å². The summed E-state index contributed by atoms with van der Waals surface area (Å²) in [5, 5.41) is 19.4. The van der Waals surface area contributed by atoms with Gasteiger partial charge in [0, 0.05) is 16.3 Å². The van der Waals surface area contributed by atoms with E-state index < -0.39 is 12.0 Å². The summed E-state index contributed by atoms with van der Waals surface area (Å²) in [6, 6.07) is 3.87. The fourth-order valence-corrected chi connectivity index (χ4v) is 2.55. The molecule has 4 nitrogen and oxygen atoms in total. The summed E-state index contributed by atoms with van der Waals surface area (Å²) >= 11 is 7.11. The summed E-state index contributed by atoms with van der Waals surface area (Å²) in [6.45, 7) is 0. The molecule has 0 amide bonds. The molecule has 0 aliphatic carbocycles. The first-order chi connectivity index (χ1) is 7.58. The van der Waals surface area contributed by atoms with Gasteiger partial charge in [0.15, 0.2) is 6.04 Å². The molecule has 86 valence electrons. The molecule has 0 aromatic heterocycles. The monoisotopic (exact) mass is 281 g/mol. The first-order valence-electron chi connectivity index (χ1n) is 4.50. The molecule has 1 aromatic carbocycles. The third kappa shape index (κ3) is 3.39. The van der Waals surface area contributed by atoms with E-state index in [1.807, 2.05) is 0 Å². The average molecular weight is 282 g/mol. The van der Waals surface area contributed by atoms with E-state index in [9.17, 15) is 9.90 Å². The van der Waals surface area contributed by atoms with Crippen molar-refractivity contribution in [3.05, 3.63) is 28.8 Å². The second-order valence-corrected chi connectivity index (χ2v) is 4.71. The zero-order valence-electron chi connectivity index (χ0n) is 8.05. The molecule has 1 unspecified atom stereocenters. The van der Waals surface area contributed by atoms with Crippen LogP contribution in [0.5, 0.6) is 5.75 Å². The summed E-state index contributed by atoms with van der Waals surface area (Å²) in [4.78, 5) is 14.7. The Morgan fingerprint density at radius 2 is 2.24 bits per heavy atom. The number of aromatic hydroxyl groups is 1. The predicted molar refractivity (Wildman–Crippen MR) is 70.7 cm³/mol. The molecule has 1 atom stereocenters. The van der Waals surface area contributed by atoms with Gasteiger partial charge >= 0.3 is 35.5 Å². The number of hydrogen-bond acceptors (Lipinski definition) is 4. The zero-order chi connectivity index (χ0) is 11.7. The fraction of sp³-hybridized carbons (Fsp3) is 0.200. The van der Waals surface area contributed by atoms with Crippen molar-refractivity contribution >= 4 is 63.9 Å². The molecule has 1 aliphatic heterocycles. The number of aliphatic imine (C=N–C) groups is 1. The summed E-state index contributed by atoms with van der Waals surface area (Å²) in [5.41, 5.74) is 0.487. The van der Waals surface area contributed by atoms with Gasteiger partial charge in [-0.05, 0) is 18.2 Å². The second kappa shape index (κ2) is 6.11. The maximum atomic E-state index is 10.7. The van der Waals surface area contributed by atoms with E-state index in [1.165, 1.54) is 17.8 Å². The first kappa shape index (κ1) is 14.9. The molecule has 0 fully saturated rings. The number of rotatable bonds is 2. The van der Waals surface area contributed by atoms with Crippen LogP contribution in [0.4, 0.5) is 0 Å². The second-order valence-electron chi connectivity index (χ2n) is 3.26. The molecule has 2 N–H and O–H groups in total. The number of thioether (sulfide) groups is 1. The zero-order valence-corrected chi connectivity index (χ0v) is 9.63. The van der Waals surface area contributed by atoms with Crippen molar-refractivity contribution in [1.82, 2.24) is 0 Å². The summed E-state index contributed by atoms with van der Waals surface area (Å²) in [5.74, 6) is -0.512. The van der Waals surface area contributed by atoms with Crippen molar-refractivity contribution in [1.29, 1.82) is 0 Å². The van der Waals surface area contributed by atoms with Crippen LogP contribution < -0.4 is 0 Å². The Labute approximate surface area is 129 Å². The molecule has 17 heavy (non-hydrogen) atoms. The van der Waals surface area contributed by atoms with Crippen molar-refractivity contribution in [3.8, 4) is 5.75 Å². The number of benzene rings is 1. The number of phenolic OH excluding ortho intramolecular Hbond substituents is 1. The SMILES string of the molecule is O=C(O)C1CSC(c2cc(Cl)ccc2O)=N1.[NaH]. The molecular weight excluding hydrogens is 273 g/mol. The van der Waals surface area contributed by atoms with Gasteiger partial charge in [-0.2, -0.15) is 0 Å². The van der Waals surface area contributed by atoms with Crippen molar-refractivity contribution in [2.45, 2.75) is 6.04 Å². The van der Waals surface area contributed by atoms with Crippen LogP contribution in [0.3, 0.4) is 0 Å². The molecule has 1 heterocycles. The third-order valence-electron chi connectivity index (χ3n) is 2.13. The molecule has 2 rings (SSSR count). The Morgan fingerprint density at radius 1 is 1.53 bits per heavy atom. The number of halogens is 1. The van der Waals surface area contributed by atoms with Gasteiger partial charge in [0.1, 0.15) is 10.8 Å². The van der Waals surface area contributed by atoms with Crippen molar-refractivity contribution < 1.29 is 15.0 Å². The molecule has 0 saturated carbocycles. The van der Waals surface area contributed by atoms with Crippen LogP contribution in [-0.2, 0) is 4.79 Å². The Bertz CT molecular complexity index is 481. The van der Waals surface area contributed by atoms with E-state index in [0.29, 0.717) is 21.4 Å². The van der Waals surface area contributed by atoms with E-state index in [4.69, 9.17) is 16.7 Å². The van der Waals surface area contributed by atoms with E-state index in [-0.39, 0.29) is 35.3 Å². The quantitative estimate of drug-likeness (QED) is 0.803. The Hall–Kier alpha value is -0.200. The van der Waals surface area contributed by atoms with Gasteiger partial charge in [0.05, 0.1) is 0 Å². The molecule has 0 spiro atoms. The molecule has 1 aliphatic rings. The molecule has 0 saturated heterocycles. The summed E-state index contributed by atoms with van der Waals surface area (Å²) in [7, 11) is 0. The van der Waals surface area contributed by atoms with Gasteiger partial charge < -0.3 is 10.2 Å². The first-order valence-corrected chi connectivity index (χ1v) is 5.86. The molecule has 1 aromatic rings. The van der Waals surface area contributed by atoms with Gasteiger partial charge in [-0.3, -0.25) is 4.99 Å². The summed E-state index contributed by atoms with van der Waals surface area (Å²) < 4.78 is 0. The van der Waals surface area contributed by atoms with E-state index in [0.717, 1.165) is 0 Å². The molecule has 7 heteroatoms. The number of phenols is 1. The Balaban J connectivity index is 0.00000144. The van der Waals surface area contributed by atoms with Crippen LogP contribution in [0.1, 0.15) is 5.56 Å². The van der Waals surface area contributed by atoms with E-state index >= 15 is 0 Å². The maximum absolute atomic E-state index is 10.7. The van der Waals surface area contributed by atoms with Crippen LogP contribution in [-0.4, -0.2) is 62.6 Å². The van der Waals surface area contributed by atoms with Crippen molar-refractivity contribution in [2.75, 3.05) is 5.75 Å². The number of nitrogens with zero attached hydrogens (tertiary/aromatic N) is 1. The van der Waals surface area contributed by atoms with E-state index in [2.05, 4.69) is 4.99 Å². The Kier molecular flexibility index (Phi) is 5.34. The van der Waals surface area contributed by atoms with Gasteiger partial charge in [0.25, 0.3) is 0 Å². The van der Waals surface area contributed by atoms with Gasteiger partial charge in [0.2, 0.25) is 0 Å². The number of carbonyl (C=O) groups is 1. The number of carboxylic acids is 1. The van der Waals surface area contributed by atoms with Crippen LogP contribution in [0.2, 0.25) is 5.02 Å².